The fraction of sp³-hybridized carbons (Fsp3) is 0.174. The zero-order chi connectivity index (χ0) is 22.4. The van der Waals surface area contributed by atoms with Gasteiger partial charge in [0.25, 0.3) is 11.6 Å². The molecule has 0 aliphatic carbocycles. The number of rotatable bonds is 8. The number of ether oxygens (including phenoxy) is 1. The number of non-ortho nitro benzene ring substituents is 1. The van der Waals surface area contributed by atoms with Gasteiger partial charge in [0.1, 0.15) is 5.75 Å². The number of nitrogens with zero attached hydrogens (tertiary/aromatic N) is 2. The average molecular weight is 459 g/mol. The van der Waals surface area contributed by atoms with Gasteiger partial charge in [0.2, 0.25) is 0 Å². The van der Waals surface area contributed by atoms with Gasteiger partial charge in [-0.15, -0.1) is 0 Å². The van der Waals surface area contributed by atoms with Gasteiger partial charge < -0.3 is 9.64 Å². The number of benzene rings is 3. The van der Waals surface area contributed by atoms with Gasteiger partial charge in [-0.2, -0.15) is 0 Å². The zero-order valence-electron chi connectivity index (χ0n) is 16.8. The van der Waals surface area contributed by atoms with Crippen molar-refractivity contribution >= 4 is 34.8 Å². The number of amides is 1. The van der Waals surface area contributed by atoms with E-state index >= 15 is 0 Å². The number of methoxy groups -OCH3 is 1. The lowest BCUT2D eigenvalue weighted by Gasteiger charge is -2.24. The van der Waals surface area contributed by atoms with Crippen LogP contribution in [0.4, 0.5) is 5.69 Å². The van der Waals surface area contributed by atoms with Crippen LogP contribution in [0.25, 0.3) is 0 Å². The Morgan fingerprint density at radius 1 is 1.03 bits per heavy atom. The van der Waals surface area contributed by atoms with Gasteiger partial charge >= 0.3 is 0 Å². The molecule has 0 aliphatic heterocycles. The second-order valence-electron chi connectivity index (χ2n) is 6.83. The third kappa shape index (κ3) is 5.75. The summed E-state index contributed by atoms with van der Waals surface area (Å²) in [7, 11) is 1.58. The number of carbonyl (C=O) groups excluding carboxylic acids is 1. The molecule has 3 aromatic rings. The minimum Gasteiger partial charge on any atom is -0.496 e. The lowest BCUT2D eigenvalue weighted by Crippen LogP contribution is -2.32. The van der Waals surface area contributed by atoms with Crippen LogP contribution in [0.3, 0.4) is 0 Å². The van der Waals surface area contributed by atoms with Crippen molar-refractivity contribution in [2.45, 2.75) is 13.0 Å². The standard InChI is InChI=1S/C23H20Cl2N2O4/c1-31-22-5-3-2-4-18(22)15-26(13-12-16-6-9-19(24)14-21(16)25)23(28)17-7-10-20(11-8-17)27(29)30/h2-11,14H,12-13,15H2,1H3. The Labute approximate surface area is 190 Å². The third-order valence-corrected chi connectivity index (χ3v) is 5.42. The molecule has 0 atom stereocenters. The number of para-hydroxylation sites is 1. The molecular weight excluding hydrogens is 439 g/mol. The van der Waals surface area contributed by atoms with Crippen LogP contribution in [0.2, 0.25) is 10.0 Å². The Morgan fingerprint density at radius 2 is 1.74 bits per heavy atom. The molecule has 3 rings (SSSR count). The first kappa shape index (κ1) is 22.6. The molecule has 0 aliphatic rings. The Bertz CT molecular complexity index is 1090. The summed E-state index contributed by atoms with van der Waals surface area (Å²) in [5.41, 5.74) is 2.01. The van der Waals surface area contributed by atoms with Crippen molar-refractivity contribution in [1.29, 1.82) is 0 Å². The maximum atomic E-state index is 13.3. The van der Waals surface area contributed by atoms with E-state index < -0.39 is 4.92 Å². The quantitative estimate of drug-likeness (QED) is 0.316. The van der Waals surface area contributed by atoms with Crippen molar-refractivity contribution in [2.24, 2.45) is 0 Å². The van der Waals surface area contributed by atoms with E-state index in [-0.39, 0.29) is 11.6 Å². The van der Waals surface area contributed by atoms with Crippen molar-refractivity contribution in [3.63, 3.8) is 0 Å². The number of nitro groups is 1. The second kappa shape index (κ2) is 10.3. The molecule has 0 spiro atoms. The number of hydrogen-bond acceptors (Lipinski definition) is 4. The second-order valence-corrected chi connectivity index (χ2v) is 7.67. The molecule has 0 saturated heterocycles. The van der Waals surface area contributed by atoms with E-state index in [4.69, 9.17) is 27.9 Å². The van der Waals surface area contributed by atoms with Crippen molar-refractivity contribution in [2.75, 3.05) is 13.7 Å². The maximum Gasteiger partial charge on any atom is 0.269 e. The predicted octanol–water partition coefficient (Wildman–Crippen LogP) is 5.80. The summed E-state index contributed by atoms with van der Waals surface area (Å²) >= 11 is 12.3. The number of hydrogen-bond donors (Lipinski definition) is 0. The van der Waals surface area contributed by atoms with Crippen LogP contribution in [-0.2, 0) is 13.0 Å². The molecule has 160 valence electrons. The fourth-order valence-corrected chi connectivity index (χ4v) is 3.68. The lowest BCUT2D eigenvalue weighted by molar-refractivity contribution is -0.384. The smallest absolute Gasteiger partial charge is 0.269 e. The molecule has 0 heterocycles. The molecule has 0 fully saturated rings. The van der Waals surface area contributed by atoms with Crippen LogP contribution in [0.5, 0.6) is 5.75 Å². The van der Waals surface area contributed by atoms with Gasteiger partial charge in [0.15, 0.2) is 0 Å². The van der Waals surface area contributed by atoms with Crippen LogP contribution >= 0.6 is 23.2 Å². The SMILES string of the molecule is COc1ccccc1CN(CCc1ccc(Cl)cc1Cl)C(=O)c1ccc([N+](=O)[O-])cc1. The minimum absolute atomic E-state index is 0.0687. The van der Waals surface area contributed by atoms with E-state index in [1.807, 2.05) is 30.3 Å². The molecule has 0 N–H and O–H groups in total. The first-order valence-electron chi connectivity index (χ1n) is 9.48. The van der Waals surface area contributed by atoms with Crippen molar-refractivity contribution in [3.8, 4) is 5.75 Å². The highest BCUT2D eigenvalue weighted by Crippen LogP contribution is 2.24. The predicted molar refractivity (Wildman–Crippen MR) is 121 cm³/mol. The molecule has 0 radical (unpaired) electrons. The van der Waals surface area contributed by atoms with Crippen LogP contribution in [0.1, 0.15) is 21.5 Å². The van der Waals surface area contributed by atoms with Crippen molar-refractivity contribution < 1.29 is 14.5 Å². The van der Waals surface area contributed by atoms with E-state index in [1.165, 1.54) is 24.3 Å². The number of nitro benzene ring substituents is 1. The van der Waals surface area contributed by atoms with E-state index in [0.29, 0.717) is 40.9 Å². The van der Waals surface area contributed by atoms with Crippen LogP contribution in [0, 0.1) is 10.1 Å². The molecule has 3 aromatic carbocycles. The Hall–Kier alpha value is -3.09. The molecule has 0 aromatic heterocycles. The maximum absolute atomic E-state index is 13.3. The first-order valence-corrected chi connectivity index (χ1v) is 10.2. The molecule has 31 heavy (non-hydrogen) atoms. The Kier molecular flexibility index (Phi) is 7.50. The Balaban J connectivity index is 1.87. The summed E-state index contributed by atoms with van der Waals surface area (Å²) < 4.78 is 5.42. The number of carbonyl (C=O) groups is 1. The summed E-state index contributed by atoms with van der Waals surface area (Å²) in [6, 6.07) is 18.3. The molecular formula is C23H20Cl2N2O4. The first-order chi connectivity index (χ1) is 14.9. The van der Waals surface area contributed by atoms with Crippen LogP contribution in [-0.4, -0.2) is 29.4 Å². The van der Waals surface area contributed by atoms with E-state index in [1.54, 1.807) is 24.1 Å². The molecule has 0 unspecified atom stereocenters. The summed E-state index contributed by atoms with van der Waals surface area (Å²) in [4.78, 5) is 25.3. The molecule has 0 saturated carbocycles. The monoisotopic (exact) mass is 458 g/mol. The molecule has 1 amide bonds. The van der Waals surface area contributed by atoms with E-state index in [9.17, 15) is 14.9 Å². The summed E-state index contributed by atoms with van der Waals surface area (Å²) in [5, 5.41) is 12.0. The van der Waals surface area contributed by atoms with Gasteiger partial charge in [-0.3, -0.25) is 14.9 Å². The van der Waals surface area contributed by atoms with Crippen LogP contribution in [0.15, 0.2) is 66.7 Å². The lowest BCUT2D eigenvalue weighted by atomic mass is 10.1. The summed E-state index contributed by atoms with van der Waals surface area (Å²) in [6.07, 6.45) is 0.518. The van der Waals surface area contributed by atoms with E-state index in [2.05, 4.69) is 0 Å². The summed E-state index contributed by atoms with van der Waals surface area (Å²) in [6.45, 7) is 0.695. The third-order valence-electron chi connectivity index (χ3n) is 4.83. The minimum atomic E-state index is -0.497. The van der Waals surface area contributed by atoms with Gasteiger partial charge in [0, 0.05) is 46.4 Å². The van der Waals surface area contributed by atoms with Crippen LogP contribution < -0.4 is 4.74 Å². The van der Waals surface area contributed by atoms with Gasteiger partial charge in [-0.25, -0.2) is 0 Å². The average Bonchev–Trinajstić information content (AvgIpc) is 2.77. The van der Waals surface area contributed by atoms with E-state index in [0.717, 1.165) is 11.1 Å². The summed E-state index contributed by atoms with van der Waals surface area (Å²) in [5.74, 6) is 0.430. The molecule has 0 bridgehead atoms. The largest absolute Gasteiger partial charge is 0.496 e. The molecule has 6 nitrogen and oxygen atoms in total. The highest BCUT2D eigenvalue weighted by atomic mass is 35.5. The Morgan fingerprint density at radius 3 is 2.39 bits per heavy atom. The highest BCUT2D eigenvalue weighted by molar-refractivity contribution is 6.35. The van der Waals surface area contributed by atoms with Crippen molar-refractivity contribution in [1.82, 2.24) is 4.90 Å². The zero-order valence-corrected chi connectivity index (χ0v) is 18.3. The van der Waals surface area contributed by atoms with Gasteiger partial charge in [0.05, 0.1) is 12.0 Å². The fourth-order valence-electron chi connectivity index (χ4n) is 3.18. The number of halogens is 2. The van der Waals surface area contributed by atoms with Crippen molar-refractivity contribution in [3.05, 3.63) is 104 Å². The van der Waals surface area contributed by atoms with Gasteiger partial charge in [-0.1, -0.05) is 47.5 Å². The topological polar surface area (TPSA) is 72.7 Å². The van der Waals surface area contributed by atoms with Gasteiger partial charge in [-0.05, 0) is 42.3 Å². The molecule has 8 heteroatoms. The normalized spacial score (nSPS) is 10.5. The highest BCUT2D eigenvalue weighted by Gasteiger charge is 2.19.